The molecule has 0 bridgehead atoms. The lowest BCUT2D eigenvalue weighted by atomic mass is 10.0. The third-order valence-corrected chi connectivity index (χ3v) is 8.41. The van der Waals surface area contributed by atoms with Gasteiger partial charge in [-0.05, 0) is 61.9 Å². The summed E-state index contributed by atoms with van der Waals surface area (Å²) in [5, 5.41) is 2.81. The Morgan fingerprint density at radius 3 is 2.70 bits per heavy atom. The first-order valence-corrected chi connectivity index (χ1v) is 13.8. The third-order valence-electron chi connectivity index (χ3n) is 7.37. The minimum atomic E-state index is -0.0734. The molecule has 6 rings (SSSR count). The number of anilines is 1. The number of nitrogens with one attached hydrogen (secondary N) is 1. The van der Waals surface area contributed by atoms with Crippen molar-refractivity contribution in [2.24, 2.45) is 0 Å². The van der Waals surface area contributed by atoms with Crippen molar-refractivity contribution in [1.82, 2.24) is 24.8 Å². The van der Waals surface area contributed by atoms with Crippen molar-refractivity contribution in [2.45, 2.75) is 49.1 Å². The van der Waals surface area contributed by atoms with Crippen LogP contribution < -0.4 is 10.1 Å². The van der Waals surface area contributed by atoms with Gasteiger partial charge in [-0.1, -0.05) is 0 Å². The van der Waals surface area contributed by atoms with E-state index in [9.17, 15) is 9.59 Å². The van der Waals surface area contributed by atoms with Gasteiger partial charge in [-0.2, -0.15) is 0 Å². The molecule has 3 aromatic rings. The van der Waals surface area contributed by atoms with E-state index in [-0.39, 0.29) is 17.9 Å². The second-order valence-electron chi connectivity index (χ2n) is 9.84. The van der Waals surface area contributed by atoms with E-state index >= 15 is 0 Å². The zero-order valence-corrected chi connectivity index (χ0v) is 21.7. The van der Waals surface area contributed by atoms with Gasteiger partial charge in [-0.25, -0.2) is 9.97 Å². The summed E-state index contributed by atoms with van der Waals surface area (Å²) in [6.45, 7) is 2.84. The number of carbonyl (C=O) groups is 2. The molecule has 5 heterocycles. The van der Waals surface area contributed by atoms with Crippen LogP contribution in [-0.2, 0) is 11.2 Å². The molecule has 2 fully saturated rings. The summed E-state index contributed by atoms with van der Waals surface area (Å²) in [7, 11) is 1.63. The monoisotopic (exact) mass is 518 g/mol. The maximum atomic E-state index is 13.6. The van der Waals surface area contributed by atoms with E-state index in [0.29, 0.717) is 29.2 Å². The molecule has 37 heavy (non-hydrogen) atoms. The zero-order valence-electron chi connectivity index (χ0n) is 20.9. The standard InChI is InChI=1S/C27H30N6O3S/c1-36-24-7-5-20-25(31-24)17(8-12-28-20)9-13-32-14-10-19(11-15-32)33(18-2-3-18)27(35)21-4-6-22-26(29-21)30-23(34)16-37-22/h4-8,12,18-19H,2-3,9-11,13-16H2,1H3,(H,29,30,34). The Labute approximate surface area is 220 Å². The number of amides is 2. The van der Waals surface area contributed by atoms with Crippen LogP contribution in [0.3, 0.4) is 0 Å². The normalized spacial score (nSPS) is 18.4. The molecule has 3 aromatic heterocycles. The van der Waals surface area contributed by atoms with Crippen molar-refractivity contribution in [1.29, 1.82) is 0 Å². The number of nitrogens with zero attached hydrogens (tertiary/aromatic N) is 5. The zero-order chi connectivity index (χ0) is 25.4. The fourth-order valence-corrected chi connectivity index (χ4v) is 6.03. The Hall–Kier alpha value is -3.24. The number of pyridine rings is 3. The molecule has 1 N–H and O–H groups in total. The Kier molecular flexibility index (Phi) is 6.69. The molecular weight excluding hydrogens is 488 g/mol. The highest BCUT2D eigenvalue weighted by Gasteiger charge is 2.39. The van der Waals surface area contributed by atoms with Gasteiger partial charge in [-0.15, -0.1) is 11.8 Å². The van der Waals surface area contributed by atoms with Crippen LogP contribution >= 0.6 is 11.8 Å². The van der Waals surface area contributed by atoms with Gasteiger partial charge in [0, 0.05) is 44.0 Å². The van der Waals surface area contributed by atoms with Gasteiger partial charge >= 0.3 is 0 Å². The largest absolute Gasteiger partial charge is 0.481 e. The predicted octanol–water partition coefficient (Wildman–Crippen LogP) is 3.39. The number of aromatic nitrogens is 3. The molecular formula is C27H30N6O3S. The average molecular weight is 519 g/mol. The first kappa shape index (κ1) is 24.1. The fraction of sp³-hybridized carbons (Fsp3) is 0.444. The second kappa shape index (κ2) is 10.3. The molecule has 0 radical (unpaired) electrons. The van der Waals surface area contributed by atoms with Crippen molar-refractivity contribution in [3.05, 3.63) is 47.8 Å². The molecule has 0 aromatic carbocycles. The van der Waals surface area contributed by atoms with Gasteiger partial charge in [-0.3, -0.25) is 14.6 Å². The fourth-order valence-electron chi connectivity index (χ4n) is 5.27. The Morgan fingerprint density at radius 1 is 1.11 bits per heavy atom. The van der Waals surface area contributed by atoms with Crippen LogP contribution in [-0.4, -0.2) is 81.1 Å². The van der Waals surface area contributed by atoms with Crippen molar-refractivity contribution >= 4 is 40.4 Å². The minimum Gasteiger partial charge on any atom is -0.481 e. The number of fused-ring (bicyclic) bond motifs is 2. The summed E-state index contributed by atoms with van der Waals surface area (Å²) in [5.41, 5.74) is 3.37. The van der Waals surface area contributed by atoms with Crippen LogP contribution in [0.5, 0.6) is 5.88 Å². The van der Waals surface area contributed by atoms with Crippen LogP contribution in [0.1, 0.15) is 41.7 Å². The summed E-state index contributed by atoms with van der Waals surface area (Å²) in [4.78, 5) is 44.4. The molecule has 192 valence electrons. The van der Waals surface area contributed by atoms with E-state index < -0.39 is 0 Å². The molecule has 3 aliphatic rings. The topological polar surface area (TPSA) is 101 Å². The van der Waals surface area contributed by atoms with Gasteiger partial charge in [0.25, 0.3) is 5.91 Å². The summed E-state index contributed by atoms with van der Waals surface area (Å²) in [5.74, 6) is 1.40. The number of rotatable bonds is 7. The Morgan fingerprint density at radius 2 is 1.92 bits per heavy atom. The van der Waals surface area contributed by atoms with Gasteiger partial charge in [0.05, 0.1) is 28.8 Å². The van der Waals surface area contributed by atoms with Crippen molar-refractivity contribution < 1.29 is 14.3 Å². The minimum absolute atomic E-state index is 0.0168. The van der Waals surface area contributed by atoms with Crippen LogP contribution in [0, 0.1) is 0 Å². The van der Waals surface area contributed by atoms with E-state index in [1.54, 1.807) is 13.2 Å². The molecule has 0 spiro atoms. The van der Waals surface area contributed by atoms with Crippen molar-refractivity contribution in [2.75, 3.05) is 37.8 Å². The number of piperidine rings is 1. The number of thioether (sulfide) groups is 1. The number of likely N-dealkylation sites (tertiary alicyclic amines) is 1. The highest BCUT2D eigenvalue weighted by molar-refractivity contribution is 8.00. The van der Waals surface area contributed by atoms with Gasteiger partial charge in [0.2, 0.25) is 11.8 Å². The molecule has 2 aliphatic heterocycles. The molecule has 1 aliphatic carbocycles. The first-order chi connectivity index (χ1) is 18.1. The second-order valence-corrected chi connectivity index (χ2v) is 10.9. The van der Waals surface area contributed by atoms with Crippen LogP contribution in [0.25, 0.3) is 11.0 Å². The first-order valence-electron chi connectivity index (χ1n) is 12.9. The van der Waals surface area contributed by atoms with E-state index in [0.717, 1.165) is 67.7 Å². The van der Waals surface area contributed by atoms with Gasteiger partial charge in [0.1, 0.15) is 11.5 Å². The molecule has 1 saturated carbocycles. The maximum Gasteiger partial charge on any atom is 0.273 e. The smallest absolute Gasteiger partial charge is 0.273 e. The summed E-state index contributed by atoms with van der Waals surface area (Å²) >= 11 is 1.46. The molecule has 0 atom stereocenters. The van der Waals surface area contributed by atoms with Crippen molar-refractivity contribution in [3.63, 3.8) is 0 Å². The van der Waals surface area contributed by atoms with Gasteiger partial charge < -0.3 is 19.9 Å². The number of methoxy groups -OCH3 is 1. The van der Waals surface area contributed by atoms with Gasteiger partial charge in [0.15, 0.2) is 0 Å². The maximum absolute atomic E-state index is 13.6. The number of hydrogen-bond acceptors (Lipinski definition) is 8. The van der Waals surface area contributed by atoms with E-state index in [1.165, 1.54) is 17.3 Å². The average Bonchev–Trinajstić information content (AvgIpc) is 3.77. The number of carbonyl (C=O) groups excluding carboxylic acids is 2. The quantitative estimate of drug-likeness (QED) is 0.508. The predicted molar refractivity (Wildman–Crippen MR) is 142 cm³/mol. The molecule has 1 saturated heterocycles. The Balaban J connectivity index is 1.10. The Bertz CT molecular complexity index is 1340. The van der Waals surface area contributed by atoms with Crippen LogP contribution in [0.4, 0.5) is 5.82 Å². The lowest BCUT2D eigenvalue weighted by Crippen LogP contribution is -2.49. The van der Waals surface area contributed by atoms with E-state index in [1.807, 2.05) is 30.5 Å². The number of ether oxygens (including phenoxy) is 1. The SMILES string of the molecule is COc1ccc2nccc(CCN3CCC(N(C(=O)c4ccc5c(n4)NC(=O)CS5)C4CC4)CC3)c2n1. The summed E-state index contributed by atoms with van der Waals surface area (Å²) in [6.07, 6.45) is 6.73. The highest BCUT2D eigenvalue weighted by Crippen LogP contribution is 2.35. The lowest BCUT2D eigenvalue weighted by molar-refractivity contribution is -0.113. The molecule has 2 amide bonds. The van der Waals surface area contributed by atoms with Crippen molar-refractivity contribution in [3.8, 4) is 5.88 Å². The third kappa shape index (κ3) is 5.13. The molecule has 9 nitrogen and oxygen atoms in total. The van der Waals surface area contributed by atoms with Crippen LogP contribution in [0.15, 0.2) is 41.4 Å². The van der Waals surface area contributed by atoms with E-state index in [4.69, 9.17) is 4.74 Å². The van der Waals surface area contributed by atoms with Crippen LogP contribution in [0.2, 0.25) is 0 Å². The number of hydrogen-bond donors (Lipinski definition) is 1. The highest BCUT2D eigenvalue weighted by atomic mass is 32.2. The summed E-state index contributed by atoms with van der Waals surface area (Å²) < 4.78 is 5.31. The molecule has 10 heteroatoms. The summed E-state index contributed by atoms with van der Waals surface area (Å²) in [6, 6.07) is 10.1. The van der Waals surface area contributed by atoms with E-state index in [2.05, 4.69) is 30.1 Å². The molecule has 0 unspecified atom stereocenters. The lowest BCUT2D eigenvalue weighted by Gasteiger charge is -2.38.